The van der Waals surface area contributed by atoms with Gasteiger partial charge in [-0.05, 0) is 42.8 Å². The lowest BCUT2D eigenvalue weighted by molar-refractivity contribution is -0.319. The van der Waals surface area contributed by atoms with E-state index in [1.807, 2.05) is 0 Å². The number of esters is 1. The summed E-state index contributed by atoms with van der Waals surface area (Å²) in [6.07, 6.45) is -13.0. The Bertz CT molecular complexity index is 1570. The molecular formula is C30H32O15. The minimum Gasteiger partial charge on any atom is -0.508 e. The van der Waals surface area contributed by atoms with Gasteiger partial charge in [-0.25, -0.2) is 9.59 Å². The van der Waals surface area contributed by atoms with Gasteiger partial charge >= 0.3 is 11.6 Å². The summed E-state index contributed by atoms with van der Waals surface area (Å²) in [4.78, 5) is 24.4. The molecule has 0 amide bonds. The van der Waals surface area contributed by atoms with E-state index in [1.54, 1.807) is 0 Å². The van der Waals surface area contributed by atoms with E-state index in [9.17, 15) is 45.3 Å². The van der Waals surface area contributed by atoms with Crippen molar-refractivity contribution in [1.29, 1.82) is 0 Å². The van der Waals surface area contributed by atoms with Gasteiger partial charge in [-0.15, -0.1) is 0 Å². The van der Waals surface area contributed by atoms with Gasteiger partial charge < -0.3 is 63.8 Å². The lowest BCUT2D eigenvalue weighted by atomic mass is 9.98. The second-order valence-electron chi connectivity index (χ2n) is 10.6. The molecule has 2 aromatic carbocycles. The largest absolute Gasteiger partial charge is 0.508 e. The minimum atomic E-state index is -1.86. The molecule has 2 fully saturated rings. The summed E-state index contributed by atoms with van der Waals surface area (Å²) >= 11 is 0. The van der Waals surface area contributed by atoms with E-state index in [-0.39, 0.29) is 17.1 Å². The predicted molar refractivity (Wildman–Crippen MR) is 151 cm³/mol. The van der Waals surface area contributed by atoms with Crippen molar-refractivity contribution < 1.29 is 68.6 Å². The zero-order valence-corrected chi connectivity index (χ0v) is 23.7. The molecule has 0 aliphatic carbocycles. The van der Waals surface area contributed by atoms with Crippen LogP contribution in [0.1, 0.15) is 12.5 Å². The maximum atomic E-state index is 12.7. The SMILES string of the molecule is C[C@@H]1O[C@@H](OC[C@H]2O[C@@H](Oc3cc4oc(=O)ccc4cc3O)[C@H](O)[C@@H](O)[C@@H]2OC(=O)/C=C/c2ccc(O)cc2)[C@H](O)[C@H](O)[C@H]1O. The van der Waals surface area contributed by atoms with Gasteiger partial charge in [0.05, 0.1) is 12.7 Å². The van der Waals surface area contributed by atoms with Crippen LogP contribution >= 0.6 is 0 Å². The van der Waals surface area contributed by atoms with E-state index in [4.69, 9.17) is 28.1 Å². The van der Waals surface area contributed by atoms with Crippen LogP contribution in [0.25, 0.3) is 17.0 Å². The van der Waals surface area contributed by atoms with Gasteiger partial charge in [-0.2, -0.15) is 0 Å². The Labute approximate surface area is 254 Å². The number of hydrogen-bond acceptors (Lipinski definition) is 15. The van der Waals surface area contributed by atoms with Crippen LogP contribution in [0.4, 0.5) is 0 Å². The molecule has 5 rings (SSSR count). The number of aromatic hydroxyl groups is 2. The molecule has 0 unspecified atom stereocenters. The smallest absolute Gasteiger partial charge is 0.336 e. The molecule has 10 atom stereocenters. The summed E-state index contributed by atoms with van der Waals surface area (Å²) in [6, 6.07) is 10.9. The van der Waals surface area contributed by atoms with Gasteiger partial charge in [-0.3, -0.25) is 0 Å². The summed E-state index contributed by atoms with van der Waals surface area (Å²) in [5, 5.41) is 72.7. The monoisotopic (exact) mass is 632 g/mol. The van der Waals surface area contributed by atoms with Gasteiger partial charge in [0.25, 0.3) is 0 Å². The van der Waals surface area contributed by atoms with Crippen LogP contribution in [0, 0.1) is 0 Å². The molecule has 2 aliphatic heterocycles. The molecule has 15 heteroatoms. The Morgan fingerprint density at radius 3 is 2.31 bits per heavy atom. The number of carbonyl (C=O) groups excluding carboxylic acids is 1. The predicted octanol–water partition coefficient (Wildman–Crippen LogP) is -0.501. The summed E-state index contributed by atoms with van der Waals surface area (Å²) in [5.41, 5.74) is -0.0709. The molecule has 15 nitrogen and oxygen atoms in total. The van der Waals surface area contributed by atoms with Crippen molar-refractivity contribution in [2.45, 2.75) is 68.3 Å². The van der Waals surface area contributed by atoms with E-state index in [0.717, 1.165) is 12.1 Å². The number of aliphatic hydroxyl groups is 5. The Morgan fingerprint density at radius 2 is 1.58 bits per heavy atom. The Hall–Kier alpha value is -4.06. The average molecular weight is 633 g/mol. The number of phenolic OH excluding ortho intramolecular Hbond substituents is 2. The van der Waals surface area contributed by atoms with Crippen LogP contribution in [0.5, 0.6) is 17.2 Å². The van der Waals surface area contributed by atoms with Crippen molar-refractivity contribution in [2.24, 2.45) is 0 Å². The standard InChI is InChI=1S/C30H32O15/c1-13-23(35)24(36)26(38)29(41-13)40-12-20-28(45-22(34)8-4-14-2-6-16(31)7-3-14)25(37)27(39)30(44-20)43-19-11-18-15(10-17(19)32)5-9-21(33)42-18/h2-11,13,20,23-32,35-39H,12H2,1H3/b8-4+/t13-,20+,23-,24+,25+,26+,27+,28+,29+,30+/m0/s1. The van der Waals surface area contributed by atoms with Gasteiger partial charge in [-0.1, -0.05) is 12.1 Å². The summed E-state index contributed by atoms with van der Waals surface area (Å²) < 4.78 is 33.0. The van der Waals surface area contributed by atoms with E-state index in [0.29, 0.717) is 10.9 Å². The fourth-order valence-corrected chi connectivity index (χ4v) is 4.85. The third kappa shape index (κ3) is 7.27. The molecule has 7 N–H and O–H groups in total. The molecule has 1 aromatic heterocycles. The average Bonchev–Trinajstić information content (AvgIpc) is 3.01. The zero-order valence-electron chi connectivity index (χ0n) is 23.7. The number of phenols is 2. The van der Waals surface area contributed by atoms with Gasteiger partial charge in [0.2, 0.25) is 6.29 Å². The van der Waals surface area contributed by atoms with E-state index in [1.165, 1.54) is 55.5 Å². The first-order valence-electron chi connectivity index (χ1n) is 13.9. The first kappa shape index (κ1) is 32.3. The molecule has 2 saturated heterocycles. The summed E-state index contributed by atoms with van der Waals surface area (Å²) in [5.74, 6) is -1.62. The number of aliphatic hydroxyl groups excluding tert-OH is 5. The van der Waals surface area contributed by atoms with Crippen molar-refractivity contribution in [1.82, 2.24) is 0 Å². The van der Waals surface area contributed by atoms with Gasteiger partial charge in [0.15, 0.2) is 23.9 Å². The number of benzene rings is 2. The summed E-state index contributed by atoms with van der Waals surface area (Å²) in [7, 11) is 0. The molecule has 2 aliphatic rings. The van der Waals surface area contributed by atoms with E-state index in [2.05, 4.69) is 0 Å². The van der Waals surface area contributed by atoms with Crippen LogP contribution in [-0.4, -0.2) is 110 Å². The molecule has 45 heavy (non-hydrogen) atoms. The van der Waals surface area contributed by atoms with Crippen molar-refractivity contribution in [3.05, 3.63) is 70.6 Å². The van der Waals surface area contributed by atoms with Crippen LogP contribution < -0.4 is 10.4 Å². The lowest BCUT2D eigenvalue weighted by Crippen LogP contribution is -2.62. The number of rotatable bonds is 8. The van der Waals surface area contributed by atoms with Crippen molar-refractivity contribution >= 4 is 23.0 Å². The van der Waals surface area contributed by atoms with Crippen molar-refractivity contribution in [2.75, 3.05) is 6.61 Å². The van der Waals surface area contributed by atoms with Crippen LogP contribution in [0.15, 0.2) is 63.8 Å². The highest BCUT2D eigenvalue weighted by Crippen LogP contribution is 2.35. The highest BCUT2D eigenvalue weighted by atomic mass is 16.7. The fourth-order valence-electron chi connectivity index (χ4n) is 4.85. The van der Waals surface area contributed by atoms with E-state index >= 15 is 0 Å². The molecule has 242 valence electrons. The topological polar surface area (TPSA) is 235 Å². The lowest BCUT2D eigenvalue weighted by Gasteiger charge is -2.43. The zero-order chi connectivity index (χ0) is 32.4. The molecule has 0 bridgehead atoms. The highest BCUT2D eigenvalue weighted by Gasteiger charge is 2.49. The number of fused-ring (bicyclic) bond motifs is 1. The Kier molecular flexibility index (Phi) is 9.71. The van der Waals surface area contributed by atoms with Gasteiger partial charge in [0, 0.05) is 23.6 Å². The second kappa shape index (κ2) is 13.5. The van der Waals surface area contributed by atoms with Crippen LogP contribution in [0.3, 0.4) is 0 Å². The second-order valence-corrected chi connectivity index (χ2v) is 10.6. The van der Waals surface area contributed by atoms with Crippen molar-refractivity contribution in [3.63, 3.8) is 0 Å². The maximum Gasteiger partial charge on any atom is 0.336 e. The van der Waals surface area contributed by atoms with Gasteiger partial charge in [0.1, 0.15) is 48.0 Å². The number of ether oxygens (including phenoxy) is 5. The maximum absolute atomic E-state index is 12.7. The molecule has 0 saturated carbocycles. The number of carbonyl (C=O) groups is 1. The molecule has 3 aromatic rings. The minimum absolute atomic E-state index is 0.0239. The first-order valence-corrected chi connectivity index (χ1v) is 13.9. The molecule has 0 radical (unpaired) electrons. The Balaban J connectivity index is 1.36. The normalized spacial score (nSPS) is 32.0. The molecule has 3 heterocycles. The molecular weight excluding hydrogens is 600 g/mol. The fraction of sp³-hybridized carbons (Fsp3) is 0.400. The van der Waals surface area contributed by atoms with Crippen molar-refractivity contribution in [3.8, 4) is 17.2 Å². The summed E-state index contributed by atoms with van der Waals surface area (Å²) in [6.45, 7) is 0.888. The third-order valence-corrected chi connectivity index (χ3v) is 7.38. The van der Waals surface area contributed by atoms with Crippen LogP contribution in [0.2, 0.25) is 0 Å². The number of hydrogen-bond donors (Lipinski definition) is 7. The first-order chi connectivity index (χ1) is 21.4. The third-order valence-electron chi connectivity index (χ3n) is 7.38. The van der Waals surface area contributed by atoms with E-state index < -0.39 is 85.4 Å². The molecule has 0 spiro atoms. The Morgan fingerprint density at radius 1 is 0.867 bits per heavy atom. The van der Waals surface area contributed by atoms with Crippen LogP contribution in [-0.2, 0) is 23.7 Å². The quantitative estimate of drug-likeness (QED) is 0.0942. The highest BCUT2D eigenvalue weighted by molar-refractivity contribution is 5.87.